The molecular weight excluding hydrogens is 284 g/mol. The van der Waals surface area contributed by atoms with Crippen LogP contribution >= 0.6 is 11.6 Å². The SMILES string of the molecule is C=C1C(Oc2ccccc2C)=C(Cl)C(=O)c2ccccc21. The van der Waals surface area contributed by atoms with Gasteiger partial charge in [-0.25, -0.2) is 0 Å². The maximum absolute atomic E-state index is 12.3. The molecule has 2 aromatic rings. The van der Waals surface area contributed by atoms with Gasteiger partial charge in [0.1, 0.15) is 10.8 Å². The smallest absolute Gasteiger partial charge is 0.208 e. The Morgan fingerprint density at radius 2 is 1.62 bits per heavy atom. The van der Waals surface area contributed by atoms with Gasteiger partial charge < -0.3 is 4.74 Å². The molecule has 0 saturated heterocycles. The average molecular weight is 297 g/mol. The number of ketones is 1. The summed E-state index contributed by atoms with van der Waals surface area (Å²) in [6, 6.07) is 14.8. The number of ether oxygens (including phenoxy) is 1. The molecule has 0 N–H and O–H groups in total. The Labute approximate surface area is 128 Å². The van der Waals surface area contributed by atoms with Gasteiger partial charge in [0.25, 0.3) is 0 Å². The number of Topliss-reactive ketones (excluding diaryl/α,β-unsaturated/α-hetero) is 1. The molecule has 21 heavy (non-hydrogen) atoms. The van der Waals surface area contributed by atoms with Crippen LogP contribution in [0.15, 0.2) is 65.9 Å². The van der Waals surface area contributed by atoms with Crippen molar-refractivity contribution in [3.05, 3.63) is 82.6 Å². The van der Waals surface area contributed by atoms with Crippen molar-refractivity contribution in [1.82, 2.24) is 0 Å². The second-order valence-corrected chi connectivity index (χ2v) is 5.24. The van der Waals surface area contributed by atoms with Crippen LogP contribution in [0.4, 0.5) is 0 Å². The summed E-state index contributed by atoms with van der Waals surface area (Å²) in [7, 11) is 0. The van der Waals surface area contributed by atoms with Crippen molar-refractivity contribution in [1.29, 1.82) is 0 Å². The summed E-state index contributed by atoms with van der Waals surface area (Å²) >= 11 is 6.20. The monoisotopic (exact) mass is 296 g/mol. The van der Waals surface area contributed by atoms with Gasteiger partial charge in [-0.05, 0) is 24.1 Å². The second-order valence-electron chi connectivity index (χ2n) is 4.86. The lowest BCUT2D eigenvalue weighted by molar-refractivity contribution is 0.103. The zero-order chi connectivity index (χ0) is 15.0. The molecule has 0 bridgehead atoms. The van der Waals surface area contributed by atoms with E-state index in [1.807, 2.05) is 43.3 Å². The molecule has 0 heterocycles. The van der Waals surface area contributed by atoms with E-state index >= 15 is 0 Å². The van der Waals surface area contributed by atoms with E-state index in [-0.39, 0.29) is 10.8 Å². The van der Waals surface area contributed by atoms with Crippen LogP contribution in [0.25, 0.3) is 5.57 Å². The lowest BCUT2D eigenvalue weighted by atomic mass is 9.91. The van der Waals surface area contributed by atoms with Gasteiger partial charge in [0.2, 0.25) is 5.78 Å². The molecule has 0 aliphatic heterocycles. The van der Waals surface area contributed by atoms with Crippen LogP contribution in [0.2, 0.25) is 0 Å². The molecule has 0 unspecified atom stereocenters. The normalized spacial score (nSPS) is 14.2. The topological polar surface area (TPSA) is 26.3 Å². The first-order valence-electron chi connectivity index (χ1n) is 6.56. The molecule has 2 nitrogen and oxygen atoms in total. The first-order chi connectivity index (χ1) is 10.1. The van der Waals surface area contributed by atoms with Crippen molar-refractivity contribution in [3.8, 4) is 5.75 Å². The van der Waals surface area contributed by atoms with Gasteiger partial charge in [0.05, 0.1) is 0 Å². The van der Waals surface area contributed by atoms with Crippen LogP contribution in [0.1, 0.15) is 21.5 Å². The van der Waals surface area contributed by atoms with Gasteiger partial charge >= 0.3 is 0 Å². The van der Waals surface area contributed by atoms with E-state index in [0.717, 1.165) is 11.1 Å². The molecule has 0 fully saturated rings. The lowest BCUT2D eigenvalue weighted by Gasteiger charge is -2.21. The summed E-state index contributed by atoms with van der Waals surface area (Å²) in [4.78, 5) is 12.3. The highest BCUT2D eigenvalue weighted by Crippen LogP contribution is 2.37. The number of aryl methyl sites for hydroxylation is 1. The highest BCUT2D eigenvalue weighted by Gasteiger charge is 2.29. The first kappa shape index (κ1) is 13.7. The minimum atomic E-state index is -0.233. The number of hydrogen-bond acceptors (Lipinski definition) is 2. The maximum atomic E-state index is 12.3. The molecule has 0 spiro atoms. The van der Waals surface area contributed by atoms with E-state index in [0.29, 0.717) is 22.6 Å². The largest absolute Gasteiger partial charge is 0.455 e. The van der Waals surface area contributed by atoms with Gasteiger partial charge in [-0.15, -0.1) is 0 Å². The number of para-hydroxylation sites is 1. The van der Waals surface area contributed by atoms with Crippen molar-refractivity contribution < 1.29 is 9.53 Å². The standard InChI is InChI=1S/C18H13ClO2/c1-11-7-3-6-10-15(11)21-18-12(2)13-8-4-5-9-14(13)17(20)16(18)19/h3-10H,2H2,1H3. The Kier molecular flexibility index (Phi) is 3.40. The summed E-state index contributed by atoms with van der Waals surface area (Å²) in [6.45, 7) is 5.96. The molecule has 0 atom stereocenters. The van der Waals surface area contributed by atoms with Crippen LogP contribution in [0, 0.1) is 6.92 Å². The third-order valence-electron chi connectivity index (χ3n) is 3.48. The van der Waals surface area contributed by atoms with Crippen molar-refractivity contribution in [2.75, 3.05) is 0 Å². The zero-order valence-electron chi connectivity index (χ0n) is 11.5. The number of benzene rings is 2. The molecule has 104 valence electrons. The number of fused-ring (bicyclic) bond motifs is 1. The van der Waals surface area contributed by atoms with E-state index in [1.54, 1.807) is 12.1 Å². The summed E-state index contributed by atoms with van der Waals surface area (Å²) in [5.41, 5.74) is 2.91. The van der Waals surface area contributed by atoms with Crippen molar-refractivity contribution in [3.63, 3.8) is 0 Å². The molecule has 2 aromatic carbocycles. The Hall–Kier alpha value is -2.32. The van der Waals surface area contributed by atoms with Crippen molar-refractivity contribution in [2.45, 2.75) is 6.92 Å². The Bertz CT molecular complexity index is 787. The summed E-state index contributed by atoms with van der Waals surface area (Å²) in [6.07, 6.45) is 0. The maximum Gasteiger partial charge on any atom is 0.208 e. The Morgan fingerprint density at radius 3 is 2.33 bits per heavy atom. The third kappa shape index (κ3) is 2.28. The number of hydrogen-bond donors (Lipinski definition) is 0. The fraction of sp³-hybridized carbons (Fsp3) is 0.0556. The van der Waals surface area contributed by atoms with Crippen LogP contribution in [-0.2, 0) is 0 Å². The Morgan fingerprint density at radius 1 is 1.00 bits per heavy atom. The van der Waals surface area contributed by atoms with Gasteiger partial charge in [-0.2, -0.15) is 0 Å². The molecular formula is C18H13ClO2. The van der Waals surface area contributed by atoms with Gasteiger partial charge in [-0.3, -0.25) is 4.79 Å². The minimum absolute atomic E-state index is 0.0713. The van der Waals surface area contributed by atoms with E-state index in [9.17, 15) is 4.79 Å². The van der Waals surface area contributed by atoms with E-state index in [2.05, 4.69) is 6.58 Å². The summed E-state index contributed by atoms with van der Waals surface area (Å²) in [5.74, 6) is 0.761. The van der Waals surface area contributed by atoms with Crippen LogP contribution in [0.5, 0.6) is 5.75 Å². The molecule has 0 aromatic heterocycles. The molecule has 3 heteroatoms. The van der Waals surface area contributed by atoms with Crippen LogP contribution < -0.4 is 4.74 Å². The van der Waals surface area contributed by atoms with Crippen LogP contribution in [0.3, 0.4) is 0 Å². The molecule has 0 radical (unpaired) electrons. The number of carbonyl (C=O) groups excluding carboxylic acids is 1. The van der Waals surface area contributed by atoms with E-state index < -0.39 is 0 Å². The first-order valence-corrected chi connectivity index (χ1v) is 6.94. The highest BCUT2D eigenvalue weighted by molar-refractivity contribution is 6.47. The second kappa shape index (κ2) is 5.23. The predicted octanol–water partition coefficient (Wildman–Crippen LogP) is 4.73. The fourth-order valence-electron chi connectivity index (χ4n) is 2.31. The van der Waals surface area contributed by atoms with Gasteiger partial charge in [-0.1, -0.05) is 60.6 Å². The fourth-order valence-corrected chi connectivity index (χ4v) is 2.56. The number of allylic oxidation sites excluding steroid dienone is 2. The van der Waals surface area contributed by atoms with Crippen LogP contribution in [-0.4, -0.2) is 5.78 Å². The number of rotatable bonds is 2. The van der Waals surface area contributed by atoms with Crippen molar-refractivity contribution in [2.24, 2.45) is 0 Å². The van der Waals surface area contributed by atoms with E-state index in [4.69, 9.17) is 16.3 Å². The predicted molar refractivity (Wildman–Crippen MR) is 84.5 cm³/mol. The van der Waals surface area contributed by atoms with Gasteiger partial charge in [0.15, 0.2) is 5.76 Å². The molecule has 1 aliphatic rings. The lowest BCUT2D eigenvalue weighted by Crippen LogP contribution is -2.15. The van der Waals surface area contributed by atoms with Gasteiger partial charge in [0, 0.05) is 11.1 Å². The molecule has 3 rings (SSSR count). The minimum Gasteiger partial charge on any atom is -0.455 e. The highest BCUT2D eigenvalue weighted by atomic mass is 35.5. The van der Waals surface area contributed by atoms with Crippen molar-refractivity contribution >= 4 is 23.0 Å². The summed E-state index contributed by atoms with van der Waals surface area (Å²) in [5, 5.41) is 0.0713. The number of carbonyl (C=O) groups is 1. The average Bonchev–Trinajstić information content (AvgIpc) is 2.51. The van der Waals surface area contributed by atoms with E-state index in [1.165, 1.54) is 0 Å². The molecule has 1 aliphatic carbocycles. The zero-order valence-corrected chi connectivity index (χ0v) is 12.3. The molecule has 0 amide bonds. The number of halogens is 1. The quantitative estimate of drug-likeness (QED) is 0.800. The third-order valence-corrected chi connectivity index (χ3v) is 3.82. The molecule has 0 saturated carbocycles. The Balaban J connectivity index is 2.07. The summed E-state index contributed by atoms with van der Waals surface area (Å²) < 4.78 is 5.87.